The standard InChI is InChI=1S/C5H11NO2S.ClH/c6-4-3-5(1-2-5)9(7)8;/h1-4,6H2,(H,7,8);1H/p-1. The van der Waals surface area contributed by atoms with Gasteiger partial charge in [0.25, 0.3) is 0 Å². The van der Waals surface area contributed by atoms with Crippen LogP contribution in [-0.2, 0) is 11.1 Å². The van der Waals surface area contributed by atoms with Crippen LogP contribution in [0.1, 0.15) is 19.3 Å². The SMILES string of the molecule is Cl.NCCC1(S(=O)[O-])CC1. The highest BCUT2D eigenvalue weighted by molar-refractivity contribution is 7.81. The second-order valence-electron chi connectivity index (χ2n) is 2.46. The van der Waals surface area contributed by atoms with Crippen LogP contribution in [0.2, 0.25) is 0 Å². The Hall–Kier alpha value is 0.360. The molecule has 2 N–H and O–H groups in total. The highest BCUT2D eigenvalue weighted by atomic mass is 35.5. The summed E-state index contributed by atoms with van der Waals surface area (Å²) in [4.78, 5) is 0. The van der Waals surface area contributed by atoms with Crippen LogP contribution < -0.4 is 5.73 Å². The molecule has 10 heavy (non-hydrogen) atoms. The van der Waals surface area contributed by atoms with Crippen LogP contribution in [0.5, 0.6) is 0 Å². The van der Waals surface area contributed by atoms with E-state index in [1.165, 1.54) is 0 Å². The fourth-order valence-electron chi connectivity index (χ4n) is 0.902. The van der Waals surface area contributed by atoms with Gasteiger partial charge in [-0.05, 0) is 36.9 Å². The molecule has 1 unspecified atom stereocenters. The van der Waals surface area contributed by atoms with Crippen molar-refractivity contribution in [2.45, 2.75) is 24.0 Å². The van der Waals surface area contributed by atoms with Crippen molar-refractivity contribution >= 4 is 23.5 Å². The molecule has 62 valence electrons. The normalized spacial score (nSPS) is 23.0. The molecular weight excluding hydrogens is 174 g/mol. The van der Waals surface area contributed by atoms with E-state index in [1.807, 2.05) is 0 Å². The number of hydrogen-bond acceptors (Lipinski definition) is 3. The predicted molar refractivity (Wildman–Crippen MR) is 41.8 cm³/mol. The van der Waals surface area contributed by atoms with Gasteiger partial charge in [-0.3, -0.25) is 4.21 Å². The van der Waals surface area contributed by atoms with Crippen molar-refractivity contribution in [2.75, 3.05) is 6.54 Å². The first-order valence-corrected chi connectivity index (χ1v) is 4.08. The van der Waals surface area contributed by atoms with Gasteiger partial charge in [0.05, 0.1) is 0 Å². The van der Waals surface area contributed by atoms with E-state index in [0.29, 0.717) is 13.0 Å². The molecule has 0 amide bonds. The summed E-state index contributed by atoms with van der Waals surface area (Å²) in [6, 6.07) is 0. The van der Waals surface area contributed by atoms with E-state index in [2.05, 4.69) is 0 Å². The van der Waals surface area contributed by atoms with Crippen molar-refractivity contribution in [3.05, 3.63) is 0 Å². The Morgan fingerprint density at radius 1 is 1.60 bits per heavy atom. The van der Waals surface area contributed by atoms with Crippen molar-refractivity contribution in [3.63, 3.8) is 0 Å². The minimum absolute atomic E-state index is 0. The van der Waals surface area contributed by atoms with Crippen LogP contribution in [-0.4, -0.2) is 20.1 Å². The lowest BCUT2D eigenvalue weighted by Crippen LogP contribution is -2.20. The van der Waals surface area contributed by atoms with Gasteiger partial charge in [0.1, 0.15) is 0 Å². The van der Waals surface area contributed by atoms with E-state index >= 15 is 0 Å². The lowest BCUT2D eigenvalue weighted by Gasteiger charge is -2.16. The van der Waals surface area contributed by atoms with Gasteiger partial charge in [-0.25, -0.2) is 0 Å². The van der Waals surface area contributed by atoms with Gasteiger partial charge in [0, 0.05) is 4.75 Å². The molecular formula is C5H11ClNO2S-. The van der Waals surface area contributed by atoms with Gasteiger partial charge in [-0.15, -0.1) is 12.4 Å². The zero-order chi connectivity index (χ0) is 6.91. The Balaban J connectivity index is 0.000000810. The van der Waals surface area contributed by atoms with Crippen LogP contribution in [0.4, 0.5) is 0 Å². The molecule has 0 radical (unpaired) electrons. The van der Waals surface area contributed by atoms with E-state index in [4.69, 9.17) is 5.73 Å². The average Bonchev–Trinajstić information content (AvgIpc) is 2.49. The molecule has 5 heteroatoms. The molecule has 1 aliphatic carbocycles. The zero-order valence-corrected chi connectivity index (χ0v) is 7.17. The Morgan fingerprint density at radius 3 is 2.20 bits per heavy atom. The molecule has 0 aromatic rings. The van der Waals surface area contributed by atoms with E-state index in [0.717, 1.165) is 12.8 Å². The molecule has 0 heterocycles. The summed E-state index contributed by atoms with van der Waals surface area (Å²) in [6.07, 6.45) is 2.24. The minimum atomic E-state index is -1.89. The third kappa shape index (κ3) is 1.92. The molecule has 3 nitrogen and oxygen atoms in total. The van der Waals surface area contributed by atoms with E-state index < -0.39 is 15.8 Å². The number of rotatable bonds is 3. The van der Waals surface area contributed by atoms with E-state index in [1.54, 1.807) is 0 Å². The highest BCUT2D eigenvalue weighted by Crippen LogP contribution is 2.43. The van der Waals surface area contributed by atoms with Gasteiger partial charge < -0.3 is 10.3 Å². The van der Waals surface area contributed by atoms with Gasteiger partial charge >= 0.3 is 0 Å². The number of hydrogen-bond donors (Lipinski definition) is 1. The summed E-state index contributed by atoms with van der Waals surface area (Å²) < 4.78 is 20.4. The van der Waals surface area contributed by atoms with E-state index in [9.17, 15) is 8.76 Å². The van der Waals surface area contributed by atoms with Crippen molar-refractivity contribution < 1.29 is 8.76 Å². The van der Waals surface area contributed by atoms with Crippen LogP contribution in [0.25, 0.3) is 0 Å². The van der Waals surface area contributed by atoms with E-state index in [-0.39, 0.29) is 12.4 Å². The van der Waals surface area contributed by atoms with Crippen LogP contribution in [0.15, 0.2) is 0 Å². The predicted octanol–water partition coefficient (Wildman–Crippen LogP) is 0.169. The highest BCUT2D eigenvalue weighted by Gasteiger charge is 2.43. The topological polar surface area (TPSA) is 66.2 Å². The minimum Gasteiger partial charge on any atom is -0.772 e. The van der Waals surface area contributed by atoms with Crippen LogP contribution in [0.3, 0.4) is 0 Å². The molecule has 0 spiro atoms. The molecule has 0 aromatic carbocycles. The first-order valence-electron chi connectivity index (χ1n) is 3.01. The molecule has 1 fully saturated rings. The van der Waals surface area contributed by atoms with Gasteiger partial charge in [-0.2, -0.15) is 0 Å². The largest absolute Gasteiger partial charge is 0.772 e. The first kappa shape index (κ1) is 10.4. The maximum Gasteiger partial charge on any atom is 0.0340 e. The van der Waals surface area contributed by atoms with Crippen molar-refractivity contribution in [1.29, 1.82) is 0 Å². The quantitative estimate of drug-likeness (QED) is 0.636. The van der Waals surface area contributed by atoms with Gasteiger partial charge in [0.2, 0.25) is 0 Å². The third-order valence-electron chi connectivity index (χ3n) is 1.76. The molecule has 1 aliphatic rings. The molecule has 0 saturated heterocycles. The Labute approximate surface area is 69.1 Å². The maximum absolute atomic E-state index is 10.4. The summed E-state index contributed by atoms with van der Waals surface area (Å²) in [5, 5.41) is 0. The van der Waals surface area contributed by atoms with Crippen molar-refractivity contribution in [1.82, 2.24) is 0 Å². The second-order valence-corrected chi connectivity index (χ2v) is 3.79. The number of halogens is 1. The molecule has 0 aliphatic heterocycles. The third-order valence-corrected chi connectivity index (χ3v) is 3.08. The molecule has 1 rings (SSSR count). The lowest BCUT2D eigenvalue weighted by molar-refractivity contribution is 0.513. The molecule has 1 atom stereocenters. The Morgan fingerprint density at radius 2 is 2.10 bits per heavy atom. The smallest absolute Gasteiger partial charge is 0.0340 e. The lowest BCUT2D eigenvalue weighted by atomic mass is 10.3. The molecule has 0 aromatic heterocycles. The van der Waals surface area contributed by atoms with Crippen molar-refractivity contribution in [3.8, 4) is 0 Å². The first-order chi connectivity index (χ1) is 4.21. The second kappa shape index (κ2) is 3.67. The fraction of sp³-hybridized carbons (Fsp3) is 1.00. The van der Waals surface area contributed by atoms with Gasteiger partial charge in [0.15, 0.2) is 0 Å². The Bertz CT molecular complexity index is 138. The van der Waals surface area contributed by atoms with Crippen LogP contribution >= 0.6 is 12.4 Å². The van der Waals surface area contributed by atoms with Crippen LogP contribution in [0, 0.1) is 0 Å². The maximum atomic E-state index is 10.4. The summed E-state index contributed by atoms with van der Waals surface area (Å²) in [6.45, 7) is 0.480. The summed E-state index contributed by atoms with van der Waals surface area (Å²) in [5.74, 6) is 0. The summed E-state index contributed by atoms with van der Waals surface area (Å²) in [7, 11) is 0. The fourth-order valence-corrected chi connectivity index (χ4v) is 1.62. The summed E-state index contributed by atoms with van der Waals surface area (Å²) in [5.41, 5.74) is 5.22. The van der Waals surface area contributed by atoms with Gasteiger partial charge in [-0.1, -0.05) is 0 Å². The molecule has 0 bridgehead atoms. The van der Waals surface area contributed by atoms with Crippen molar-refractivity contribution in [2.24, 2.45) is 5.73 Å². The summed E-state index contributed by atoms with van der Waals surface area (Å²) >= 11 is -1.89. The average molecular weight is 185 g/mol. The molecule has 1 saturated carbocycles. The number of nitrogens with two attached hydrogens (primary N) is 1. The monoisotopic (exact) mass is 184 g/mol. The Kier molecular flexibility index (Phi) is 3.80. The zero-order valence-electron chi connectivity index (χ0n) is 5.54.